The second-order valence-corrected chi connectivity index (χ2v) is 7.60. The number of piperidine rings is 1. The number of nitrogens with one attached hydrogen (secondary N) is 1. The fourth-order valence-corrected chi connectivity index (χ4v) is 4.26. The van der Waals surface area contributed by atoms with Crippen LogP contribution in [0.1, 0.15) is 30.9 Å². The number of rotatable bonds is 5. The first kappa shape index (κ1) is 19.3. The Morgan fingerprint density at radius 3 is 2.52 bits per heavy atom. The minimum Gasteiger partial charge on any atom is -0.347 e. The van der Waals surface area contributed by atoms with E-state index in [1.807, 2.05) is 35.1 Å². The summed E-state index contributed by atoms with van der Waals surface area (Å²) in [5.74, 6) is -0.399. The number of likely N-dealkylation sites (tertiary alicyclic amines) is 1. The van der Waals surface area contributed by atoms with Crippen LogP contribution in [-0.4, -0.2) is 33.7 Å². The Morgan fingerprint density at radius 2 is 1.83 bits per heavy atom. The second kappa shape index (κ2) is 8.17. The van der Waals surface area contributed by atoms with Crippen molar-refractivity contribution >= 4 is 5.91 Å². The predicted molar refractivity (Wildman–Crippen MR) is 110 cm³/mol. The Balaban J connectivity index is 1.53. The van der Waals surface area contributed by atoms with E-state index in [9.17, 15) is 9.18 Å². The molecule has 1 N–H and O–H groups in total. The maximum atomic E-state index is 14.5. The van der Waals surface area contributed by atoms with Gasteiger partial charge >= 0.3 is 0 Å². The van der Waals surface area contributed by atoms with Crippen molar-refractivity contribution in [3.63, 3.8) is 0 Å². The van der Waals surface area contributed by atoms with E-state index in [4.69, 9.17) is 0 Å². The number of amides is 1. The number of benzene rings is 2. The van der Waals surface area contributed by atoms with E-state index >= 15 is 0 Å². The summed E-state index contributed by atoms with van der Waals surface area (Å²) in [5, 5.41) is 7.41. The lowest BCUT2D eigenvalue weighted by atomic mass is 9.80. The van der Waals surface area contributed by atoms with Gasteiger partial charge in [-0.3, -0.25) is 9.69 Å². The minimum atomic E-state index is -0.658. The number of aromatic nitrogens is 2. The van der Waals surface area contributed by atoms with Crippen LogP contribution < -0.4 is 5.32 Å². The van der Waals surface area contributed by atoms with Crippen LogP contribution in [0.4, 0.5) is 4.39 Å². The van der Waals surface area contributed by atoms with Gasteiger partial charge in [0, 0.05) is 44.5 Å². The van der Waals surface area contributed by atoms with Crippen molar-refractivity contribution in [3.05, 3.63) is 83.9 Å². The fraction of sp³-hybridized carbons (Fsp3) is 0.304. The molecule has 0 saturated carbocycles. The van der Waals surface area contributed by atoms with Crippen molar-refractivity contribution in [1.82, 2.24) is 20.0 Å². The topological polar surface area (TPSA) is 50.2 Å². The van der Waals surface area contributed by atoms with E-state index in [2.05, 4.69) is 27.4 Å². The molecule has 0 aliphatic carbocycles. The average Bonchev–Trinajstić information content (AvgIpc) is 3.25. The molecule has 0 radical (unpaired) electrons. The summed E-state index contributed by atoms with van der Waals surface area (Å²) in [5.41, 5.74) is 2.17. The predicted octanol–water partition coefficient (Wildman–Crippen LogP) is 3.64. The third-order valence-electron chi connectivity index (χ3n) is 5.65. The zero-order valence-corrected chi connectivity index (χ0v) is 16.5. The van der Waals surface area contributed by atoms with Crippen LogP contribution in [0.5, 0.6) is 0 Å². The van der Waals surface area contributed by atoms with Crippen LogP contribution in [0.15, 0.2) is 67.0 Å². The Hall–Kier alpha value is -2.99. The van der Waals surface area contributed by atoms with Crippen molar-refractivity contribution in [2.45, 2.75) is 31.8 Å². The highest BCUT2D eigenvalue weighted by Gasteiger charge is 2.38. The molecule has 1 fully saturated rings. The van der Waals surface area contributed by atoms with Gasteiger partial charge in [0.2, 0.25) is 5.91 Å². The van der Waals surface area contributed by atoms with Gasteiger partial charge < -0.3 is 5.32 Å². The molecular weight excluding hydrogens is 367 g/mol. The van der Waals surface area contributed by atoms with Gasteiger partial charge in [-0.05, 0) is 36.6 Å². The van der Waals surface area contributed by atoms with Crippen molar-refractivity contribution in [2.24, 2.45) is 0 Å². The van der Waals surface area contributed by atoms with Crippen LogP contribution in [0.3, 0.4) is 0 Å². The smallest absolute Gasteiger partial charge is 0.217 e. The number of hydrogen-bond acceptors (Lipinski definition) is 3. The standard InChI is InChI=1S/C23H25FN4O/c1-18(29)26-23(20-8-3-4-9-21(20)24)11-15-27(16-12-23)17-19-7-2-5-10-22(19)28-14-6-13-25-28/h2-10,13-14H,11-12,15-17H2,1H3,(H,26,29). The maximum absolute atomic E-state index is 14.5. The highest BCUT2D eigenvalue weighted by Crippen LogP contribution is 2.35. The molecule has 6 heteroatoms. The van der Waals surface area contributed by atoms with Gasteiger partial charge in [0.15, 0.2) is 0 Å². The summed E-state index contributed by atoms with van der Waals surface area (Å²) in [6.45, 7) is 3.81. The lowest BCUT2D eigenvalue weighted by molar-refractivity contribution is -0.121. The molecule has 5 nitrogen and oxygen atoms in total. The summed E-state index contributed by atoms with van der Waals surface area (Å²) < 4.78 is 16.4. The largest absolute Gasteiger partial charge is 0.347 e. The Morgan fingerprint density at radius 1 is 1.10 bits per heavy atom. The van der Waals surface area contributed by atoms with Gasteiger partial charge in [-0.1, -0.05) is 36.4 Å². The summed E-state index contributed by atoms with van der Waals surface area (Å²) in [6, 6.07) is 16.9. The van der Waals surface area contributed by atoms with Crippen LogP contribution in [0, 0.1) is 5.82 Å². The zero-order valence-electron chi connectivity index (χ0n) is 16.5. The first-order valence-corrected chi connectivity index (χ1v) is 9.91. The minimum absolute atomic E-state index is 0.134. The number of para-hydroxylation sites is 1. The van der Waals surface area contributed by atoms with Gasteiger partial charge in [-0.2, -0.15) is 5.10 Å². The number of hydrogen-bond donors (Lipinski definition) is 1. The molecule has 2 heterocycles. The van der Waals surface area contributed by atoms with Gasteiger partial charge in [-0.15, -0.1) is 0 Å². The lowest BCUT2D eigenvalue weighted by Crippen LogP contribution is -2.52. The molecule has 1 aliphatic rings. The Kier molecular flexibility index (Phi) is 5.45. The van der Waals surface area contributed by atoms with Crippen LogP contribution in [-0.2, 0) is 16.9 Å². The monoisotopic (exact) mass is 392 g/mol. The highest BCUT2D eigenvalue weighted by molar-refractivity contribution is 5.74. The normalized spacial score (nSPS) is 16.5. The summed E-state index contributed by atoms with van der Waals surface area (Å²) in [7, 11) is 0. The molecule has 0 bridgehead atoms. The van der Waals surface area contributed by atoms with Gasteiger partial charge in [0.25, 0.3) is 0 Å². The van der Waals surface area contributed by atoms with Gasteiger partial charge in [0.05, 0.1) is 11.2 Å². The quantitative estimate of drug-likeness (QED) is 0.721. The van der Waals surface area contributed by atoms with E-state index in [0.717, 1.165) is 25.3 Å². The van der Waals surface area contributed by atoms with Crippen molar-refractivity contribution < 1.29 is 9.18 Å². The average molecular weight is 392 g/mol. The van der Waals surface area contributed by atoms with Gasteiger partial charge in [0.1, 0.15) is 5.82 Å². The molecule has 2 aromatic carbocycles. The summed E-state index contributed by atoms with van der Waals surface area (Å²) in [6.07, 6.45) is 5.04. The Bertz CT molecular complexity index is 978. The molecule has 150 valence electrons. The van der Waals surface area contributed by atoms with E-state index in [1.54, 1.807) is 18.3 Å². The van der Waals surface area contributed by atoms with Crippen LogP contribution in [0.25, 0.3) is 5.69 Å². The van der Waals surface area contributed by atoms with Crippen molar-refractivity contribution in [1.29, 1.82) is 0 Å². The van der Waals surface area contributed by atoms with Crippen LogP contribution in [0.2, 0.25) is 0 Å². The molecule has 1 aliphatic heterocycles. The molecular formula is C23H25FN4O. The molecule has 1 aromatic heterocycles. The SMILES string of the molecule is CC(=O)NC1(c2ccccc2F)CCN(Cc2ccccc2-n2cccn2)CC1. The third-order valence-corrected chi connectivity index (χ3v) is 5.65. The van der Waals surface area contributed by atoms with E-state index in [-0.39, 0.29) is 11.7 Å². The molecule has 4 rings (SSSR count). The number of carbonyl (C=O) groups is 1. The lowest BCUT2D eigenvalue weighted by Gasteiger charge is -2.43. The molecule has 29 heavy (non-hydrogen) atoms. The summed E-state index contributed by atoms with van der Waals surface area (Å²) in [4.78, 5) is 14.2. The Labute approximate surface area is 170 Å². The number of nitrogens with zero attached hydrogens (tertiary/aromatic N) is 3. The van der Waals surface area contributed by atoms with Gasteiger partial charge in [-0.25, -0.2) is 9.07 Å². The maximum Gasteiger partial charge on any atom is 0.217 e. The molecule has 1 amide bonds. The highest BCUT2D eigenvalue weighted by atomic mass is 19.1. The van der Waals surface area contributed by atoms with Crippen LogP contribution >= 0.6 is 0 Å². The number of carbonyl (C=O) groups excluding carboxylic acids is 1. The zero-order chi connectivity index (χ0) is 20.3. The molecule has 3 aromatic rings. The molecule has 0 atom stereocenters. The first-order valence-electron chi connectivity index (χ1n) is 9.91. The van der Waals surface area contributed by atoms with E-state index in [1.165, 1.54) is 18.6 Å². The molecule has 0 unspecified atom stereocenters. The molecule has 0 spiro atoms. The van der Waals surface area contributed by atoms with E-state index in [0.29, 0.717) is 18.4 Å². The van der Waals surface area contributed by atoms with Crippen molar-refractivity contribution in [2.75, 3.05) is 13.1 Å². The number of halogens is 1. The molecule has 1 saturated heterocycles. The van der Waals surface area contributed by atoms with E-state index < -0.39 is 5.54 Å². The fourth-order valence-electron chi connectivity index (χ4n) is 4.26. The van der Waals surface area contributed by atoms with Crippen molar-refractivity contribution in [3.8, 4) is 5.69 Å². The summed E-state index contributed by atoms with van der Waals surface area (Å²) >= 11 is 0. The first-order chi connectivity index (χ1) is 14.1. The third kappa shape index (κ3) is 4.07. The second-order valence-electron chi connectivity index (χ2n) is 7.60.